The topological polar surface area (TPSA) is 132 Å². The van der Waals surface area contributed by atoms with Gasteiger partial charge in [0.1, 0.15) is 5.75 Å². The average Bonchev–Trinajstić information content (AvgIpc) is 2.93. The number of ether oxygens (including phenoxy) is 3. The molecule has 3 atom stereocenters. The Morgan fingerprint density at radius 2 is 1.75 bits per heavy atom. The van der Waals surface area contributed by atoms with Gasteiger partial charge in [-0.05, 0) is 62.0 Å². The van der Waals surface area contributed by atoms with Gasteiger partial charge in [-0.3, -0.25) is 9.59 Å². The van der Waals surface area contributed by atoms with Gasteiger partial charge in [-0.25, -0.2) is 0 Å². The number of unbranched alkanes of at least 4 members (excludes halogenated alkanes) is 1. The first-order chi connectivity index (χ1) is 18.6. The minimum atomic E-state index is -0.886. The molecule has 2 rings (SSSR count). The van der Waals surface area contributed by atoms with Gasteiger partial charge < -0.3 is 35.7 Å². The van der Waals surface area contributed by atoms with Crippen molar-refractivity contribution in [2.45, 2.75) is 71.9 Å². The monoisotopic (exact) mass is 585 g/mol. The number of benzene rings is 1. The van der Waals surface area contributed by atoms with Crippen molar-refractivity contribution in [3.63, 3.8) is 0 Å². The molecule has 0 saturated carbocycles. The zero-order valence-electron chi connectivity index (χ0n) is 24.9. The predicted molar refractivity (Wildman–Crippen MR) is 160 cm³/mol. The van der Waals surface area contributed by atoms with E-state index in [1.54, 1.807) is 19.2 Å². The Labute approximate surface area is 246 Å². The van der Waals surface area contributed by atoms with Gasteiger partial charge in [0.05, 0.1) is 18.3 Å². The van der Waals surface area contributed by atoms with Gasteiger partial charge in [0, 0.05) is 51.5 Å². The SMILES string of the molecule is COCCCCOc1ccccc1C(=O)NC[C@@H](C[C@H](N)[C@@H](O)CNC(=O)C(C)(C)C1CCOCC1)C(C)C.Cl. The number of nitrogens with two attached hydrogens (primary N) is 1. The quantitative estimate of drug-likeness (QED) is 0.205. The molecule has 0 bridgehead atoms. The first-order valence-electron chi connectivity index (χ1n) is 14.4. The molecule has 1 fully saturated rings. The zero-order chi connectivity index (χ0) is 28.8. The maximum atomic E-state index is 13.0. The van der Waals surface area contributed by atoms with Crippen LogP contribution in [0.25, 0.3) is 0 Å². The third-order valence-electron chi connectivity index (χ3n) is 7.97. The van der Waals surface area contributed by atoms with Crippen molar-refractivity contribution in [2.24, 2.45) is 28.9 Å². The lowest BCUT2D eigenvalue weighted by Crippen LogP contribution is -2.50. The summed E-state index contributed by atoms with van der Waals surface area (Å²) in [7, 11) is 1.67. The molecule has 10 heteroatoms. The van der Waals surface area contributed by atoms with Crippen LogP contribution in [0, 0.1) is 23.2 Å². The van der Waals surface area contributed by atoms with Crippen LogP contribution in [-0.2, 0) is 14.3 Å². The summed E-state index contributed by atoms with van der Waals surface area (Å²) in [6.45, 7) is 11.1. The zero-order valence-corrected chi connectivity index (χ0v) is 25.8. The molecule has 40 heavy (non-hydrogen) atoms. The van der Waals surface area contributed by atoms with Crippen molar-refractivity contribution in [1.29, 1.82) is 0 Å². The van der Waals surface area contributed by atoms with Crippen LogP contribution in [0.3, 0.4) is 0 Å². The molecule has 0 spiro atoms. The number of amides is 2. The molecule has 0 unspecified atom stereocenters. The Balaban J connectivity index is 0.00000800. The standard InChI is InChI=1S/C30H51N3O6.ClH/c1-21(2)22(19-32-28(35)24-10-6-7-11-27(24)39-15-9-8-14-37-5)18-25(31)26(34)20-33-29(36)30(3,4)23-12-16-38-17-13-23;/h6-7,10-11,21-23,25-26,34H,8-9,12-20,31H2,1-5H3,(H,32,35)(H,33,36);1H/t22-,25+,26+;/m1./s1. The number of para-hydroxylation sites is 1. The Hall–Kier alpha value is -1.91. The van der Waals surface area contributed by atoms with Gasteiger partial charge >= 0.3 is 0 Å². The van der Waals surface area contributed by atoms with E-state index in [2.05, 4.69) is 24.5 Å². The Bertz CT molecular complexity index is 879. The number of hydrogen-bond acceptors (Lipinski definition) is 7. The highest BCUT2D eigenvalue weighted by Gasteiger charge is 2.37. The van der Waals surface area contributed by atoms with Crippen molar-refractivity contribution >= 4 is 24.2 Å². The summed E-state index contributed by atoms with van der Waals surface area (Å²) in [6.07, 6.45) is 3.07. The van der Waals surface area contributed by atoms with Gasteiger partial charge in [-0.15, -0.1) is 12.4 Å². The van der Waals surface area contributed by atoms with E-state index in [4.69, 9.17) is 19.9 Å². The van der Waals surface area contributed by atoms with E-state index in [0.717, 1.165) is 25.7 Å². The largest absolute Gasteiger partial charge is 0.493 e. The molecule has 9 nitrogen and oxygen atoms in total. The highest BCUT2D eigenvalue weighted by molar-refractivity contribution is 5.96. The molecule has 0 aromatic heterocycles. The second-order valence-corrected chi connectivity index (χ2v) is 11.5. The van der Waals surface area contributed by atoms with E-state index in [1.807, 2.05) is 26.0 Å². The lowest BCUT2D eigenvalue weighted by molar-refractivity contribution is -0.134. The van der Waals surface area contributed by atoms with Gasteiger partial charge in [-0.2, -0.15) is 0 Å². The molecular formula is C30H52ClN3O6. The lowest BCUT2D eigenvalue weighted by atomic mass is 9.74. The van der Waals surface area contributed by atoms with Gasteiger partial charge in [0.15, 0.2) is 0 Å². The third-order valence-corrected chi connectivity index (χ3v) is 7.97. The molecule has 1 aromatic carbocycles. The second kappa shape index (κ2) is 18.5. The molecule has 1 aromatic rings. The normalized spacial score (nSPS) is 16.5. The number of aliphatic hydroxyl groups excluding tert-OH is 1. The molecule has 1 aliphatic heterocycles. The van der Waals surface area contributed by atoms with Crippen molar-refractivity contribution in [3.8, 4) is 5.75 Å². The van der Waals surface area contributed by atoms with E-state index in [-0.39, 0.29) is 48.5 Å². The molecule has 0 radical (unpaired) electrons. The number of methoxy groups -OCH3 is 1. The van der Waals surface area contributed by atoms with Gasteiger partial charge in [0.2, 0.25) is 5.91 Å². The first-order valence-corrected chi connectivity index (χ1v) is 14.4. The van der Waals surface area contributed by atoms with Gasteiger partial charge in [0.25, 0.3) is 5.91 Å². The van der Waals surface area contributed by atoms with Crippen LogP contribution in [0.4, 0.5) is 0 Å². The van der Waals surface area contributed by atoms with E-state index >= 15 is 0 Å². The summed E-state index contributed by atoms with van der Waals surface area (Å²) in [6, 6.07) is 6.68. The molecule has 1 saturated heterocycles. The molecule has 2 amide bonds. The molecule has 1 heterocycles. The number of halogens is 1. The fraction of sp³-hybridized carbons (Fsp3) is 0.733. The van der Waals surface area contributed by atoms with Crippen molar-refractivity contribution < 1.29 is 28.9 Å². The summed E-state index contributed by atoms with van der Waals surface area (Å²) in [5, 5.41) is 16.7. The molecule has 1 aliphatic rings. The maximum absolute atomic E-state index is 13.0. The minimum absolute atomic E-state index is 0. The summed E-state index contributed by atoms with van der Waals surface area (Å²) >= 11 is 0. The van der Waals surface area contributed by atoms with Gasteiger partial charge in [-0.1, -0.05) is 39.8 Å². The Morgan fingerprint density at radius 1 is 1.10 bits per heavy atom. The van der Waals surface area contributed by atoms with E-state index < -0.39 is 17.6 Å². The van der Waals surface area contributed by atoms with E-state index in [0.29, 0.717) is 50.7 Å². The van der Waals surface area contributed by atoms with Crippen molar-refractivity contribution in [2.75, 3.05) is 46.6 Å². The summed E-state index contributed by atoms with van der Waals surface area (Å²) in [5.41, 5.74) is 6.32. The van der Waals surface area contributed by atoms with Crippen molar-refractivity contribution in [3.05, 3.63) is 29.8 Å². The molecule has 230 valence electrons. The number of carbonyl (C=O) groups excluding carboxylic acids is 2. The summed E-state index contributed by atoms with van der Waals surface area (Å²) < 4.78 is 16.3. The molecule has 0 aliphatic carbocycles. The number of hydrogen-bond donors (Lipinski definition) is 4. The average molecular weight is 586 g/mol. The molecular weight excluding hydrogens is 534 g/mol. The fourth-order valence-corrected chi connectivity index (χ4v) is 4.91. The highest BCUT2D eigenvalue weighted by Crippen LogP contribution is 2.34. The van der Waals surface area contributed by atoms with Crippen LogP contribution in [0.1, 0.15) is 70.2 Å². The third kappa shape index (κ3) is 11.5. The lowest BCUT2D eigenvalue weighted by Gasteiger charge is -2.36. The smallest absolute Gasteiger partial charge is 0.255 e. The fourth-order valence-electron chi connectivity index (χ4n) is 4.91. The van der Waals surface area contributed by atoms with Crippen LogP contribution in [0.2, 0.25) is 0 Å². The second-order valence-electron chi connectivity index (χ2n) is 11.5. The summed E-state index contributed by atoms with van der Waals surface area (Å²) in [4.78, 5) is 25.9. The Morgan fingerprint density at radius 3 is 2.40 bits per heavy atom. The first kappa shape index (κ1) is 36.1. The number of nitrogens with one attached hydrogen (secondary N) is 2. The Kier molecular flexibility index (Phi) is 16.7. The van der Waals surface area contributed by atoms with Crippen LogP contribution in [-0.4, -0.2) is 75.7 Å². The van der Waals surface area contributed by atoms with Crippen LogP contribution in [0.15, 0.2) is 24.3 Å². The number of rotatable bonds is 17. The van der Waals surface area contributed by atoms with E-state index in [1.165, 1.54) is 0 Å². The number of aliphatic hydroxyl groups is 1. The number of carbonyl (C=O) groups is 2. The molecule has 5 N–H and O–H groups in total. The van der Waals surface area contributed by atoms with Crippen molar-refractivity contribution in [1.82, 2.24) is 10.6 Å². The van der Waals surface area contributed by atoms with Crippen LogP contribution < -0.4 is 21.1 Å². The van der Waals surface area contributed by atoms with E-state index in [9.17, 15) is 14.7 Å². The highest BCUT2D eigenvalue weighted by atomic mass is 35.5. The summed E-state index contributed by atoms with van der Waals surface area (Å²) in [5.74, 6) is 0.808. The van der Waals surface area contributed by atoms with Crippen LogP contribution in [0.5, 0.6) is 5.75 Å². The minimum Gasteiger partial charge on any atom is -0.493 e. The predicted octanol–water partition coefficient (Wildman–Crippen LogP) is 3.56. The maximum Gasteiger partial charge on any atom is 0.255 e. The van der Waals surface area contributed by atoms with Crippen LogP contribution >= 0.6 is 12.4 Å².